The molecule has 1 aromatic rings. The lowest BCUT2D eigenvalue weighted by atomic mass is 9.90. The Morgan fingerprint density at radius 1 is 1.43 bits per heavy atom. The Bertz CT molecular complexity index is 501. The summed E-state index contributed by atoms with van der Waals surface area (Å²) in [7, 11) is 0. The second-order valence-corrected chi connectivity index (χ2v) is 6.77. The number of carbonyl (C=O) groups excluding carboxylic acids is 1. The lowest BCUT2D eigenvalue weighted by Gasteiger charge is -2.22. The Hall–Kier alpha value is -1.39. The molecule has 4 heteroatoms. The van der Waals surface area contributed by atoms with Crippen molar-refractivity contribution in [2.75, 3.05) is 31.5 Å². The van der Waals surface area contributed by atoms with Gasteiger partial charge in [-0.2, -0.15) is 0 Å². The van der Waals surface area contributed by atoms with Crippen molar-refractivity contribution in [2.24, 2.45) is 11.1 Å². The van der Waals surface area contributed by atoms with E-state index in [0.717, 1.165) is 25.2 Å². The summed E-state index contributed by atoms with van der Waals surface area (Å²) < 4.78 is 0. The standard InChI is InChI=1S/C17H27N3O/c1-13(2)14-6-4-5-7-15(14)19-16(21)10-20-9-8-17(3,11-18)12-20/h4-7,13H,8-12,18H2,1-3H3,(H,19,21). The zero-order chi connectivity index (χ0) is 15.5. The van der Waals surface area contributed by atoms with Gasteiger partial charge < -0.3 is 11.1 Å². The number of nitrogens with zero attached hydrogens (tertiary/aromatic N) is 1. The van der Waals surface area contributed by atoms with Gasteiger partial charge >= 0.3 is 0 Å². The maximum Gasteiger partial charge on any atom is 0.238 e. The number of nitrogens with two attached hydrogens (primary N) is 1. The minimum Gasteiger partial charge on any atom is -0.330 e. The molecule has 0 aromatic heterocycles. The van der Waals surface area contributed by atoms with Gasteiger partial charge in [0.15, 0.2) is 0 Å². The number of anilines is 1. The van der Waals surface area contributed by atoms with Gasteiger partial charge in [-0.05, 0) is 42.5 Å². The van der Waals surface area contributed by atoms with E-state index in [1.165, 1.54) is 5.56 Å². The van der Waals surface area contributed by atoms with Crippen LogP contribution >= 0.6 is 0 Å². The van der Waals surface area contributed by atoms with Crippen LogP contribution in [-0.4, -0.2) is 37.0 Å². The Morgan fingerprint density at radius 2 is 2.14 bits per heavy atom. The highest BCUT2D eigenvalue weighted by Crippen LogP contribution is 2.28. The average molecular weight is 289 g/mol. The largest absolute Gasteiger partial charge is 0.330 e. The predicted molar refractivity (Wildman–Crippen MR) is 87.4 cm³/mol. The number of rotatable bonds is 5. The monoisotopic (exact) mass is 289 g/mol. The molecule has 2 rings (SSSR count). The van der Waals surface area contributed by atoms with Crippen LogP contribution in [0.5, 0.6) is 0 Å². The average Bonchev–Trinajstić information content (AvgIpc) is 2.81. The molecule has 116 valence electrons. The van der Waals surface area contributed by atoms with Crippen LogP contribution in [0.3, 0.4) is 0 Å². The fourth-order valence-electron chi connectivity index (χ4n) is 2.93. The molecule has 1 heterocycles. The van der Waals surface area contributed by atoms with E-state index in [9.17, 15) is 4.79 Å². The predicted octanol–water partition coefficient (Wildman–Crippen LogP) is 2.42. The summed E-state index contributed by atoms with van der Waals surface area (Å²) in [5, 5.41) is 3.05. The molecule has 0 bridgehead atoms. The van der Waals surface area contributed by atoms with Gasteiger partial charge in [0.1, 0.15) is 0 Å². The van der Waals surface area contributed by atoms with Gasteiger partial charge in [-0.25, -0.2) is 0 Å². The van der Waals surface area contributed by atoms with Crippen molar-refractivity contribution < 1.29 is 4.79 Å². The van der Waals surface area contributed by atoms with Crippen molar-refractivity contribution in [3.8, 4) is 0 Å². The third kappa shape index (κ3) is 4.05. The van der Waals surface area contributed by atoms with E-state index in [2.05, 4.69) is 37.1 Å². The van der Waals surface area contributed by atoms with Crippen LogP contribution in [0.1, 0.15) is 38.7 Å². The fraction of sp³-hybridized carbons (Fsp3) is 0.588. The molecule has 0 radical (unpaired) electrons. The molecule has 1 aliphatic heterocycles. The van der Waals surface area contributed by atoms with Crippen LogP contribution in [0, 0.1) is 5.41 Å². The molecular formula is C17H27N3O. The first-order valence-electron chi connectivity index (χ1n) is 7.75. The van der Waals surface area contributed by atoms with Crippen molar-refractivity contribution in [3.63, 3.8) is 0 Å². The molecule has 1 saturated heterocycles. The van der Waals surface area contributed by atoms with Crippen molar-refractivity contribution in [3.05, 3.63) is 29.8 Å². The van der Waals surface area contributed by atoms with Gasteiger partial charge in [0, 0.05) is 12.2 Å². The van der Waals surface area contributed by atoms with E-state index in [1.807, 2.05) is 18.2 Å². The molecule has 0 aliphatic carbocycles. The number of likely N-dealkylation sites (tertiary alicyclic amines) is 1. The molecule has 0 spiro atoms. The van der Waals surface area contributed by atoms with Crippen LogP contribution in [0.15, 0.2) is 24.3 Å². The highest BCUT2D eigenvalue weighted by molar-refractivity contribution is 5.93. The zero-order valence-electron chi connectivity index (χ0n) is 13.4. The molecule has 1 aliphatic rings. The number of benzene rings is 1. The molecule has 21 heavy (non-hydrogen) atoms. The molecule has 4 nitrogen and oxygen atoms in total. The Kier molecular flexibility index (Phi) is 5.01. The first-order valence-corrected chi connectivity index (χ1v) is 7.75. The van der Waals surface area contributed by atoms with Gasteiger partial charge in [0.2, 0.25) is 5.91 Å². The number of carbonyl (C=O) groups is 1. The van der Waals surface area contributed by atoms with Crippen molar-refractivity contribution in [1.29, 1.82) is 0 Å². The molecule has 1 amide bonds. The first kappa shape index (κ1) is 16.0. The quantitative estimate of drug-likeness (QED) is 0.875. The van der Waals surface area contributed by atoms with E-state index in [-0.39, 0.29) is 11.3 Å². The second kappa shape index (κ2) is 6.58. The van der Waals surface area contributed by atoms with Gasteiger partial charge in [-0.15, -0.1) is 0 Å². The van der Waals surface area contributed by atoms with Gasteiger partial charge in [-0.1, -0.05) is 39.0 Å². The SMILES string of the molecule is CC(C)c1ccccc1NC(=O)CN1CCC(C)(CN)C1. The molecule has 3 N–H and O–H groups in total. The van der Waals surface area contributed by atoms with Crippen molar-refractivity contribution in [1.82, 2.24) is 4.90 Å². The maximum absolute atomic E-state index is 12.3. The number of hydrogen-bond acceptors (Lipinski definition) is 3. The topological polar surface area (TPSA) is 58.4 Å². The lowest BCUT2D eigenvalue weighted by molar-refractivity contribution is -0.117. The highest BCUT2D eigenvalue weighted by atomic mass is 16.2. The summed E-state index contributed by atoms with van der Waals surface area (Å²) in [5.41, 5.74) is 8.08. The number of hydrogen-bond donors (Lipinski definition) is 2. The van der Waals surface area contributed by atoms with E-state index < -0.39 is 0 Å². The summed E-state index contributed by atoms with van der Waals surface area (Å²) in [6.45, 7) is 9.45. The molecule has 1 unspecified atom stereocenters. The summed E-state index contributed by atoms with van der Waals surface area (Å²) >= 11 is 0. The van der Waals surface area contributed by atoms with Gasteiger partial charge in [0.25, 0.3) is 0 Å². The van der Waals surface area contributed by atoms with Crippen LogP contribution in [0.25, 0.3) is 0 Å². The molecule has 0 saturated carbocycles. The van der Waals surface area contributed by atoms with E-state index in [0.29, 0.717) is 19.0 Å². The van der Waals surface area contributed by atoms with Gasteiger partial charge in [-0.3, -0.25) is 9.69 Å². The lowest BCUT2D eigenvalue weighted by Crippen LogP contribution is -2.35. The second-order valence-electron chi connectivity index (χ2n) is 6.77. The molecular weight excluding hydrogens is 262 g/mol. The Balaban J connectivity index is 1.94. The van der Waals surface area contributed by atoms with Crippen molar-refractivity contribution in [2.45, 2.75) is 33.1 Å². The van der Waals surface area contributed by atoms with Crippen LogP contribution in [0.4, 0.5) is 5.69 Å². The third-order valence-electron chi connectivity index (χ3n) is 4.35. The smallest absolute Gasteiger partial charge is 0.238 e. The van der Waals surface area contributed by atoms with E-state index >= 15 is 0 Å². The Labute approximate surface area is 127 Å². The minimum atomic E-state index is 0.0596. The Morgan fingerprint density at radius 3 is 2.76 bits per heavy atom. The molecule has 1 aromatic carbocycles. The highest BCUT2D eigenvalue weighted by Gasteiger charge is 2.33. The zero-order valence-corrected chi connectivity index (χ0v) is 13.4. The summed E-state index contributed by atoms with van der Waals surface area (Å²) in [5.74, 6) is 0.457. The molecule has 1 atom stereocenters. The summed E-state index contributed by atoms with van der Waals surface area (Å²) in [6, 6.07) is 8.02. The van der Waals surface area contributed by atoms with Crippen molar-refractivity contribution >= 4 is 11.6 Å². The first-order chi connectivity index (χ1) is 9.93. The maximum atomic E-state index is 12.3. The van der Waals surface area contributed by atoms with E-state index in [4.69, 9.17) is 5.73 Å². The normalized spacial score (nSPS) is 22.7. The number of nitrogens with one attached hydrogen (secondary N) is 1. The van der Waals surface area contributed by atoms with Crippen LogP contribution in [-0.2, 0) is 4.79 Å². The van der Waals surface area contributed by atoms with Gasteiger partial charge in [0.05, 0.1) is 6.54 Å². The summed E-state index contributed by atoms with van der Waals surface area (Å²) in [6.07, 6.45) is 1.07. The fourth-order valence-corrected chi connectivity index (χ4v) is 2.93. The van der Waals surface area contributed by atoms with Crippen LogP contribution in [0.2, 0.25) is 0 Å². The number of para-hydroxylation sites is 1. The number of amides is 1. The summed E-state index contributed by atoms with van der Waals surface area (Å²) in [4.78, 5) is 14.5. The van der Waals surface area contributed by atoms with Crippen LogP contribution < -0.4 is 11.1 Å². The molecule has 1 fully saturated rings. The minimum absolute atomic E-state index is 0.0596. The van der Waals surface area contributed by atoms with E-state index in [1.54, 1.807) is 0 Å². The third-order valence-corrected chi connectivity index (χ3v) is 4.35.